The monoisotopic (exact) mass is 427 g/mol. The molecule has 1 fully saturated rings. The Morgan fingerprint density at radius 1 is 1.22 bits per heavy atom. The summed E-state index contributed by atoms with van der Waals surface area (Å²) < 4.78 is 7.22. The summed E-state index contributed by atoms with van der Waals surface area (Å²) in [6.07, 6.45) is 2.06. The summed E-state index contributed by atoms with van der Waals surface area (Å²) in [4.78, 5) is 15.0. The molecule has 0 aromatic heterocycles. The molecule has 3 rings (SSSR count). The first-order valence-electron chi connectivity index (χ1n) is 9.36. The van der Waals surface area contributed by atoms with Crippen LogP contribution < -0.4 is 0 Å². The van der Waals surface area contributed by atoms with Crippen LogP contribution in [0.2, 0.25) is 0 Å². The molecule has 0 bridgehead atoms. The zero-order valence-corrected chi connectivity index (χ0v) is 17.5. The third kappa shape index (κ3) is 4.44. The van der Waals surface area contributed by atoms with E-state index in [1.807, 2.05) is 66.4 Å². The molecular weight excluding hydrogens is 402 g/mol. The minimum Gasteiger partial charge on any atom is -0.438 e. The van der Waals surface area contributed by atoms with E-state index >= 15 is 0 Å². The van der Waals surface area contributed by atoms with Crippen molar-refractivity contribution in [3.8, 4) is 0 Å². The molecule has 1 saturated heterocycles. The van der Waals surface area contributed by atoms with Crippen LogP contribution in [0.25, 0.3) is 0 Å². The Balaban J connectivity index is 1.89. The number of hydrogen-bond acceptors (Lipinski definition) is 2. The SMILES string of the molecule is C=C(C)C[C@]1(c2ccccc2)CCCN([C@@H](C)c2ccc(Br)cc2)C(=O)O1. The van der Waals surface area contributed by atoms with Gasteiger partial charge in [-0.25, -0.2) is 4.79 Å². The maximum atomic E-state index is 13.1. The smallest absolute Gasteiger partial charge is 0.411 e. The van der Waals surface area contributed by atoms with E-state index in [9.17, 15) is 4.79 Å². The van der Waals surface area contributed by atoms with Crippen LogP contribution in [0.1, 0.15) is 50.3 Å². The van der Waals surface area contributed by atoms with Crippen molar-refractivity contribution in [2.45, 2.75) is 44.8 Å². The van der Waals surface area contributed by atoms with Gasteiger partial charge in [-0.05, 0) is 49.9 Å². The molecule has 0 radical (unpaired) electrons. The number of carbonyl (C=O) groups excluding carboxylic acids is 1. The van der Waals surface area contributed by atoms with Gasteiger partial charge in [-0.3, -0.25) is 0 Å². The van der Waals surface area contributed by atoms with E-state index < -0.39 is 5.60 Å². The van der Waals surface area contributed by atoms with Crippen molar-refractivity contribution in [3.05, 3.63) is 82.3 Å². The number of hydrogen-bond donors (Lipinski definition) is 0. The van der Waals surface area contributed by atoms with Crippen LogP contribution in [0.3, 0.4) is 0 Å². The second-order valence-electron chi connectivity index (χ2n) is 7.39. The van der Waals surface area contributed by atoms with Crippen LogP contribution in [0.4, 0.5) is 4.79 Å². The number of ether oxygens (including phenoxy) is 1. The maximum absolute atomic E-state index is 13.1. The van der Waals surface area contributed by atoms with Crippen LogP contribution in [0.15, 0.2) is 71.2 Å². The normalized spacial score (nSPS) is 21.3. The lowest BCUT2D eigenvalue weighted by Crippen LogP contribution is -2.37. The van der Waals surface area contributed by atoms with Crippen LogP contribution in [0, 0.1) is 0 Å². The molecule has 142 valence electrons. The van der Waals surface area contributed by atoms with Crippen molar-refractivity contribution in [2.24, 2.45) is 0 Å². The molecule has 1 amide bonds. The molecular formula is C23H26BrNO2. The van der Waals surface area contributed by atoms with Gasteiger partial charge in [0.1, 0.15) is 5.60 Å². The van der Waals surface area contributed by atoms with Crippen molar-refractivity contribution in [1.82, 2.24) is 4.90 Å². The van der Waals surface area contributed by atoms with Crippen molar-refractivity contribution in [3.63, 3.8) is 0 Å². The summed E-state index contributed by atoms with van der Waals surface area (Å²) >= 11 is 3.47. The fraction of sp³-hybridized carbons (Fsp3) is 0.348. The molecule has 27 heavy (non-hydrogen) atoms. The standard InChI is InChI=1S/C23H26BrNO2/c1-17(2)16-23(20-8-5-4-6-9-20)14-7-15-25(22(26)27-23)18(3)19-10-12-21(24)13-11-19/h4-6,8-13,18H,1,7,14-16H2,2-3H3/t18-,23-/m0/s1. The van der Waals surface area contributed by atoms with Crippen LogP contribution in [0.5, 0.6) is 0 Å². The number of nitrogens with zero attached hydrogens (tertiary/aromatic N) is 1. The van der Waals surface area contributed by atoms with E-state index in [1.54, 1.807) is 0 Å². The second kappa shape index (κ2) is 8.30. The van der Waals surface area contributed by atoms with Crippen molar-refractivity contribution in [1.29, 1.82) is 0 Å². The van der Waals surface area contributed by atoms with Crippen molar-refractivity contribution >= 4 is 22.0 Å². The molecule has 0 spiro atoms. The van der Waals surface area contributed by atoms with E-state index in [0.29, 0.717) is 13.0 Å². The maximum Gasteiger partial charge on any atom is 0.411 e. The summed E-state index contributed by atoms with van der Waals surface area (Å²) in [5.74, 6) is 0. The van der Waals surface area contributed by atoms with E-state index in [1.165, 1.54) is 0 Å². The summed E-state index contributed by atoms with van der Waals surface area (Å²) in [5, 5.41) is 0. The summed E-state index contributed by atoms with van der Waals surface area (Å²) in [6, 6.07) is 18.1. The van der Waals surface area contributed by atoms with Crippen LogP contribution >= 0.6 is 15.9 Å². The molecule has 0 unspecified atom stereocenters. The molecule has 0 N–H and O–H groups in total. The van der Waals surface area contributed by atoms with Gasteiger partial charge in [-0.1, -0.05) is 70.5 Å². The van der Waals surface area contributed by atoms with E-state index in [4.69, 9.17) is 4.74 Å². The highest BCUT2D eigenvalue weighted by Crippen LogP contribution is 2.40. The number of benzene rings is 2. The van der Waals surface area contributed by atoms with Gasteiger partial charge >= 0.3 is 6.09 Å². The highest BCUT2D eigenvalue weighted by molar-refractivity contribution is 9.10. The summed E-state index contributed by atoms with van der Waals surface area (Å²) in [7, 11) is 0. The van der Waals surface area contributed by atoms with E-state index in [0.717, 1.165) is 34.0 Å². The number of cyclic esters (lactones) is 1. The summed E-state index contributed by atoms with van der Waals surface area (Å²) in [5.41, 5.74) is 2.51. The fourth-order valence-electron chi connectivity index (χ4n) is 3.84. The Hall–Kier alpha value is -2.07. The van der Waals surface area contributed by atoms with Gasteiger partial charge in [0.15, 0.2) is 0 Å². The molecule has 2 aromatic carbocycles. The quantitative estimate of drug-likeness (QED) is 0.502. The van der Waals surface area contributed by atoms with Gasteiger partial charge in [-0.15, -0.1) is 0 Å². The van der Waals surface area contributed by atoms with Crippen LogP contribution in [-0.4, -0.2) is 17.5 Å². The number of amides is 1. The molecule has 1 aliphatic heterocycles. The molecule has 2 atom stereocenters. The fourth-order valence-corrected chi connectivity index (χ4v) is 4.10. The third-order valence-electron chi connectivity index (χ3n) is 5.20. The lowest BCUT2D eigenvalue weighted by molar-refractivity contribution is -0.00803. The Morgan fingerprint density at radius 2 is 1.89 bits per heavy atom. The number of carbonyl (C=O) groups is 1. The average Bonchev–Trinajstić information content (AvgIpc) is 2.81. The van der Waals surface area contributed by atoms with Crippen molar-refractivity contribution in [2.75, 3.05) is 6.54 Å². The zero-order valence-electron chi connectivity index (χ0n) is 16.0. The Morgan fingerprint density at radius 3 is 2.52 bits per heavy atom. The van der Waals surface area contributed by atoms with Gasteiger partial charge in [0, 0.05) is 17.4 Å². The third-order valence-corrected chi connectivity index (χ3v) is 5.73. The first-order chi connectivity index (χ1) is 12.9. The van der Waals surface area contributed by atoms with E-state index in [2.05, 4.69) is 29.4 Å². The molecule has 2 aromatic rings. The minimum atomic E-state index is -0.641. The Labute approximate surface area is 170 Å². The average molecular weight is 428 g/mol. The lowest BCUT2D eigenvalue weighted by Gasteiger charge is -2.34. The zero-order chi connectivity index (χ0) is 19.4. The van der Waals surface area contributed by atoms with Gasteiger partial charge in [0.25, 0.3) is 0 Å². The summed E-state index contributed by atoms with van der Waals surface area (Å²) in [6.45, 7) is 8.80. The Kier molecular flexibility index (Phi) is 6.05. The highest BCUT2D eigenvalue weighted by Gasteiger charge is 2.41. The number of halogens is 1. The first kappa shape index (κ1) is 19.7. The molecule has 3 nitrogen and oxygen atoms in total. The van der Waals surface area contributed by atoms with Gasteiger partial charge in [0.05, 0.1) is 6.04 Å². The topological polar surface area (TPSA) is 29.5 Å². The lowest BCUT2D eigenvalue weighted by atomic mass is 9.84. The van der Waals surface area contributed by atoms with Gasteiger partial charge in [0.2, 0.25) is 0 Å². The largest absolute Gasteiger partial charge is 0.438 e. The van der Waals surface area contributed by atoms with Gasteiger partial charge in [-0.2, -0.15) is 0 Å². The predicted molar refractivity (Wildman–Crippen MR) is 113 cm³/mol. The molecule has 1 aliphatic rings. The molecule has 0 saturated carbocycles. The minimum absolute atomic E-state index is 0.0398. The molecule has 4 heteroatoms. The van der Waals surface area contributed by atoms with Gasteiger partial charge < -0.3 is 9.64 Å². The Bertz CT molecular complexity index is 803. The second-order valence-corrected chi connectivity index (χ2v) is 8.30. The van der Waals surface area contributed by atoms with E-state index in [-0.39, 0.29) is 12.1 Å². The highest BCUT2D eigenvalue weighted by atomic mass is 79.9. The molecule has 1 heterocycles. The molecule has 0 aliphatic carbocycles. The first-order valence-corrected chi connectivity index (χ1v) is 10.2. The predicted octanol–water partition coefficient (Wildman–Crippen LogP) is 6.60. The number of rotatable bonds is 5. The van der Waals surface area contributed by atoms with Crippen LogP contribution in [-0.2, 0) is 10.3 Å². The van der Waals surface area contributed by atoms with Crippen molar-refractivity contribution < 1.29 is 9.53 Å².